The molecule has 1 aromatic carbocycles. The molecule has 0 aliphatic heterocycles. The Morgan fingerprint density at radius 1 is 1.56 bits per heavy atom. The first-order chi connectivity index (χ1) is 8.61. The summed E-state index contributed by atoms with van der Waals surface area (Å²) in [4.78, 5) is 6.47. The van der Waals surface area contributed by atoms with Gasteiger partial charge in [-0.3, -0.25) is 0 Å². The maximum atomic E-state index is 5.94. The molecule has 0 spiro atoms. The number of ether oxygens (including phenoxy) is 1. The number of nitrogens with two attached hydrogens (primary N) is 1. The molecule has 1 aliphatic carbocycles. The van der Waals surface area contributed by atoms with E-state index in [-0.39, 0.29) is 0 Å². The fourth-order valence-electron chi connectivity index (χ4n) is 1.74. The van der Waals surface area contributed by atoms with Gasteiger partial charge in [0.25, 0.3) is 0 Å². The van der Waals surface area contributed by atoms with Crippen molar-refractivity contribution in [1.82, 2.24) is 4.90 Å². The molecule has 4 nitrogen and oxygen atoms in total. The van der Waals surface area contributed by atoms with Crippen molar-refractivity contribution in [2.75, 3.05) is 14.2 Å². The molecule has 0 amide bonds. The summed E-state index contributed by atoms with van der Waals surface area (Å²) in [5, 5.41) is 0. The summed E-state index contributed by atoms with van der Waals surface area (Å²) in [6, 6.07) is 6.52. The van der Waals surface area contributed by atoms with Crippen molar-refractivity contribution in [3.8, 4) is 5.75 Å². The average Bonchev–Trinajstić information content (AvgIpc) is 3.19. The van der Waals surface area contributed by atoms with Gasteiger partial charge in [-0.1, -0.05) is 6.07 Å². The quantitative estimate of drug-likeness (QED) is 0.686. The minimum absolute atomic E-state index is 0.589. The fourth-order valence-corrected chi connectivity index (χ4v) is 2.33. The first-order valence-electron chi connectivity index (χ1n) is 5.97. The second-order valence-electron chi connectivity index (χ2n) is 4.49. The highest BCUT2D eigenvalue weighted by molar-refractivity contribution is 9.10. The zero-order valence-electron chi connectivity index (χ0n) is 10.7. The molecule has 2 N–H and O–H groups in total. The van der Waals surface area contributed by atoms with Gasteiger partial charge in [0.1, 0.15) is 5.75 Å². The number of halogens is 1. The van der Waals surface area contributed by atoms with E-state index in [2.05, 4.69) is 25.8 Å². The van der Waals surface area contributed by atoms with E-state index >= 15 is 0 Å². The van der Waals surface area contributed by atoms with Crippen molar-refractivity contribution in [2.24, 2.45) is 10.7 Å². The van der Waals surface area contributed by atoms with Gasteiger partial charge >= 0.3 is 0 Å². The number of benzene rings is 1. The number of rotatable bonds is 4. The molecule has 1 aliphatic rings. The average molecular weight is 312 g/mol. The maximum Gasteiger partial charge on any atom is 0.191 e. The number of aliphatic imine (C=N–C) groups is 1. The summed E-state index contributed by atoms with van der Waals surface area (Å²) in [7, 11) is 3.65. The third kappa shape index (κ3) is 3.16. The van der Waals surface area contributed by atoms with Gasteiger partial charge in [0, 0.05) is 13.1 Å². The predicted molar refractivity (Wildman–Crippen MR) is 76.8 cm³/mol. The number of hydrogen-bond acceptors (Lipinski definition) is 2. The fraction of sp³-hybridized carbons (Fsp3) is 0.462. The van der Waals surface area contributed by atoms with Gasteiger partial charge < -0.3 is 15.4 Å². The lowest BCUT2D eigenvalue weighted by atomic mass is 10.2. The molecule has 1 fully saturated rings. The van der Waals surface area contributed by atoms with Gasteiger partial charge in [0.2, 0.25) is 0 Å². The van der Waals surface area contributed by atoms with Crippen molar-refractivity contribution in [2.45, 2.75) is 25.4 Å². The zero-order chi connectivity index (χ0) is 13.1. The third-order valence-electron chi connectivity index (χ3n) is 3.10. The lowest BCUT2D eigenvalue weighted by Crippen LogP contribution is -2.35. The van der Waals surface area contributed by atoms with Crippen LogP contribution in [0, 0.1) is 0 Å². The Bertz CT molecular complexity index is 458. The molecular weight excluding hydrogens is 294 g/mol. The largest absolute Gasteiger partial charge is 0.496 e. The Balaban J connectivity index is 2.00. The minimum Gasteiger partial charge on any atom is -0.496 e. The Kier molecular flexibility index (Phi) is 4.11. The molecule has 0 bridgehead atoms. The van der Waals surface area contributed by atoms with Crippen LogP contribution in [0.2, 0.25) is 0 Å². The van der Waals surface area contributed by atoms with Crippen LogP contribution in [-0.2, 0) is 6.54 Å². The predicted octanol–water partition coefficient (Wildman–Crippen LogP) is 2.37. The van der Waals surface area contributed by atoms with Crippen LogP contribution in [0.3, 0.4) is 0 Å². The van der Waals surface area contributed by atoms with E-state index in [4.69, 9.17) is 10.5 Å². The van der Waals surface area contributed by atoms with Crippen molar-refractivity contribution in [1.29, 1.82) is 0 Å². The number of hydrogen-bond donors (Lipinski definition) is 1. The summed E-state index contributed by atoms with van der Waals surface area (Å²) in [6.07, 6.45) is 2.45. The SMILES string of the molecule is COc1ccc(CN=C(N)N(C)C2CC2)cc1Br. The highest BCUT2D eigenvalue weighted by atomic mass is 79.9. The topological polar surface area (TPSA) is 50.9 Å². The molecule has 1 saturated carbocycles. The van der Waals surface area contributed by atoms with E-state index in [0.717, 1.165) is 15.8 Å². The molecule has 5 heteroatoms. The van der Waals surface area contributed by atoms with Crippen LogP contribution < -0.4 is 10.5 Å². The zero-order valence-corrected chi connectivity index (χ0v) is 12.3. The van der Waals surface area contributed by atoms with Crippen molar-refractivity contribution in [3.05, 3.63) is 28.2 Å². The second-order valence-corrected chi connectivity index (χ2v) is 5.34. The van der Waals surface area contributed by atoms with Crippen LogP contribution in [0.25, 0.3) is 0 Å². The third-order valence-corrected chi connectivity index (χ3v) is 3.72. The van der Waals surface area contributed by atoms with Crippen LogP contribution in [0.15, 0.2) is 27.7 Å². The molecule has 98 valence electrons. The van der Waals surface area contributed by atoms with Crippen LogP contribution >= 0.6 is 15.9 Å². The molecule has 0 radical (unpaired) electrons. The summed E-state index contributed by atoms with van der Waals surface area (Å²) in [6.45, 7) is 0.589. The standard InChI is InChI=1S/C13H18BrN3O/c1-17(10-4-5-10)13(15)16-8-9-3-6-12(18-2)11(14)7-9/h3,6-7,10H,4-5,8H2,1-2H3,(H2,15,16). The minimum atomic E-state index is 0.589. The Morgan fingerprint density at radius 2 is 2.28 bits per heavy atom. The summed E-state index contributed by atoms with van der Waals surface area (Å²) < 4.78 is 6.12. The van der Waals surface area contributed by atoms with Crippen LogP contribution in [0.1, 0.15) is 18.4 Å². The van der Waals surface area contributed by atoms with Crippen LogP contribution in [-0.4, -0.2) is 31.1 Å². The second kappa shape index (κ2) is 5.61. The monoisotopic (exact) mass is 311 g/mol. The van der Waals surface area contributed by atoms with Crippen molar-refractivity contribution in [3.63, 3.8) is 0 Å². The summed E-state index contributed by atoms with van der Waals surface area (Å²) >= 11 is 3.46. The Hall–Kier alpha value is -1.23. The Morgan fingerprint density at radius 3 is 2.83 bits per heavy atom. The molecule has 1 aromatic rings. The van der Waals surface area contributed by atoms with E-state index in [9.17, 15) is 0 Å². The van der Waals surface area contributed by atoms with Gasteiger partial charge in [0.15, 0.2) is 5.96 Å². The lowest BCUT2D eigenvalue weighted by molar-refractivity contribution is 0.412. The van der Waals surface area contributed by atoms with Crippen LogP contribution in [0.5, 0.6) is 5.75 Å². The van der Waals surface area contributed by atoms with Gasteiger partial charge in [-0.2, -0.15) is 0 Å². The van der Waals surface area contributed by atoms with Crippen LogP contribution in [0.4, 0.5) is 0 Å². The van der Waals surface area contributed by atoms with Gasteiger partial charge in [-0.05, 0) is 46.5 Å². The van der Waals surface area contributed by atoms with Crippen molar-refractivity contribution < 1.29 is 4.74 Å². The van der Waals surface area contributed by atoms with Gasteiger partial charge in [-0.25, -0.2) is 4.99 Å². The molecule has 0 unspecified atom stereocenters. The maximum absolute atomic E-state index is 5.94. The summed E-state index contributed by atoms with van der Waals surface area (Å²) in [5.74, 6) is 1.44. The molecule has 0 aromatic heterocycles. The van der Waals surface area contributed by atoms with Crippen molar-refractivity contribution >= 4 is 21.9 Å². The van der Waals surface area contributed by atoms with E-state index < -0.39 is 0 Å². The molecule has 2 rings (SSSR count). The Labute approximate surface area is 116 Å². The molecular formula is C13H18BrN3O. The highest BCUT2D eigenvalue weighted by Crippen LogP contribution is 2.26. The first kappa shape index (κ1) is 13.2. The highest BCUT2D eigenvalue weighted by Gasteiger charge is 2.27. The first-order valence-corrected chi connectivity index (χ1v) is 6.76. The van der Waals surface area contributed by atoms with E-state index in [1.807, 2.05) is 25.2 Å². The van der Waals surface area contributed by atoms with E-state index in [0.29, 0.717) is 18.5 Å². The molecule has 0 saturated heterocycles. The van der Waals surface area contributed by atoms with Gasteiger partial charge in [-0.15, -0.1) is 0 Å². The number of guanidine groups is 1. The molecule has 18 heavy (non-hydrogen) atoms. The smallest absolute Gasteiger partial charge is 0.191 e. The molecule has 0 atom stereocenters. The molecule has 0 heterocycles. The number of methoxy groups -OCH3 is 1. The van der Waals surface area contributed by atoms with E-state index in [1.165, 1.54) is 12.8 Å². The van der Waals surface area contributed by atoms with E-state index in [1.54, 1.807) is 7.11 Å². The summed E-state index contributed by atoms with van der Waals surface area (Å²) in [5.41, 5.74) is 7.05. The van der Waals surface area contributed by atoms with Gasteiger partial charge in [0.05, 0.1) is 18.1 Å². The lowest BCUT2D eigenvalue weighted by Gasteiger charge is -2.16. The number of nitrogens with zero attached hydrogens (tertiary/aromatic N) is 2. The normalized spacial score (nSPS) is 15.6.